The molecule has 0 aliphatic carbocycles. The van der Waals surface area contributed by atoms with E-state index in [1.807, 2.05) is 30.3 Å². The van der Waals surface area contributed by atoms with Crippen molar-refractivity contribution >= 4 is 5.91 Å². The summed E-state index contributed by atoms with van der Waals surface area (Å²) in [6.45, 7) is 12.1. The molecule has 1 aliphatic heterocycles. The summed E-state index contributed by atoms with van der Waals surface area (Å²) < 4.78 is 6.47. The summed E-state index contributed by atoms with van der Waals surface area (Å²) in [4.78, 5) is 16.3. The van der Waals surface area contributed by atoms with Gasteiger partial charge >= 0.3 is 0 Å². The zero-order chi connectivity index (χ0) is 23.0. The number of ether oxygens (including phenoxy) is 1. The first-order chi connectivity index (χ1) is 15.4. The van der Waals surface area contributed by atoms with Gasteiger partial charge in [0.1, 0.15) is 0 Å². The number of likely N-dealkylation sites (tertiary alicyclic amines) is 1. The minimum Gasteiger partial charge on any atom is -0.360 e. The van der Waals surface area contributed by atoms with Crippen LogP contribution in [-0.2, 0) is 21.7 Å². The van der Waals surface area contributed by atoms with Gasteiger partial charge in [0.25, 0.3) is 5.91 Å². The van der Waals surface area contributed by atoms with Crippen molar-refractivity contribution in [2.45, 2.75) is 65.1 Å². The number of amides is 1. The van der Waals surface area contributed by atoms with Crippen LogP contribution in [0.15, 0.2) is 60.7 Å². The lowest BCUT2D eigenvalue weighted by molar-refractivity contribution is -0.158. The summed E-state index contributed by atoms with van der Waals surface area (Å²) in [7, 11) is 0. The summed E-state index contributed by atoms with van der Waals surface area (Å²) in [5, 5.41) is 3.37. The normalized spacial score (nSPS) is 17.4. The monoisotopic (exact) mass is 436 g/mol. The molecule has 0 aromatic heterocycles. The highest BCUT2D eigenvalue weighted by Gasteiger charge is 2.45. The maximum Gasteiger partial charge on any atom is 0.257 e. The van der Waals surface area contributed by atoms with Gasteiger partial charge in [0, 0.05) is 32.3 Å². The zero-order valence-corrected chi connectivity index (χ0v) is 20.2. The maximum absolute atomic E-state index is 13.8. The third-order valence-corrected chi connectivity index (χ3v) is 6.55. The van der Waals surface area contributed by atoms with Crippen molar-refractivity contribution in [1.29, 1.82) is 0 Å². The quantitative estimate of drug-likeness (QED) is 0.544. The molecule has 1 N–H and O–H groups in total. The van der Waals surface area contributed by atoms with Gasteiger partial charge in [0.2, 0.25) is 0 Å². The van der Waals surface area contributed by atoms with E-state index >= 15 is 0 Å². The molecule has 4 nitrogen and oxygen atoms in total. The Morgan fingerprint density at radius 2 is 1.59 bits per heavy atom. The van der Waals surface area contributed by atoms with Crippen LogP contribution in [0.2, 0.25) is 0 Å². The molecule has 0 saturated carbocycles. The van der Waals surface area contributed by atoms with Gasteiger partial charge in [-0.1, -0.05) is 88.4 Å². The lowest BCUT2D eigenvalue weighted by Crippen LogP contribution is -2.54. The number of hydrogen-bond donors (Lipinski definition) is 1. The number of carbonyl (C=O) groups excluding carboxylic acids is 1. The molecule has 1 amide bonds. The van der Waals surface area contributed by atoms with Gasteiger partial charge in [-0.25, -0.2) is 0 Å². The number of nitrogens with one attached hydrogen (secondary N) is 1. The van der Waals surface area contributed by atoms with Crippen LogP contribution >= 0.6 is 0 Å². The van der Waals surface area contributed by atoms with Crippen molar-refractivity contribution in [3.63, 3.8) is 0 Å². The molecule has 0 spiro atoms. The molecule has 4 heteroatoms. The van der Waals surface area contributed by atoms with Gasteiger partial charge in [0.05, 0.1) is 0 Å². The smallest absolute Gasteiger partial charge is 0.257 e. The second-order valence-electron chi connectivity index (χ2n) is 9.80. The molecule has 2 aromatic rings. The SMILES string of the molecule is CC(C)CCOC(C(=O)NC1CCN(Cc2ccccc2)CC1)(c1ccccc1)C(C)C. The topological polar surface area (TPSA) is 41.6 Å². The predicted molar refractivity (Wildman–Crippen MR) is 131 cm³/mol. The van der Waals surface area contributed by atoms with Crippen LogP contribution in [0.1, 0.15) is 58.1 Å². The summed E-state index contributed by atoms with van der Waals surface area (Å²) in [5.74, 6) is 0.562. The molecule has 1 aliphatic rings. The van der Waals surface area contributed by atoms with Crippen LogP contribution in [-0.4, -0.2) is 36.5 Å². The van der Waals surface area contributed by atoms with E-state index in [0.717, 1.165) is 44.5 Å². The first-order valence-electron chi connectivity index (χ1n) is 12.2. The molecule has 1 atom stereocenters. The molecule has 0 bridgehead atoms. The van der Waals surface area contributed by atoms with Crippen molar-refractivity contribution in [1.82, 2.24) is 10.2 Å². The largest absolute Gasteiger partial charge is 0.360 e. The molecule has 174 valence electrons. The maximum atomic E-state index is 13.8. The van der Waals surface area contributed by atoms with Crippen LogP contribution in [0, 0.1) is 11.8 Å². The van der Waals surface area contributed by atoms with E-state index in [-0.39, 0.29) is 17.9 Å². The highest BCUT2D eigenvalue weighted by molar-refractivity contribution is 5.87. The number of carbonyl (C=O) groups is 1. The Morgan fingerprint density at radius 1 is 1.00 bits per heavy atom. The Morgan fingerprint density at radius 3 is 2.16 bits per heavy atom. The lowest BCUT2D eigenvalue weighted by Gasteiger charge is -2.39. The molecular weight excluding hydrogens is 396 g/mol. The minimum absolute atomic E-state index is 0.00367. The second-order valence-corrected chi connectivity index (χ2v) is 9.80. The molecule has 1 fully saturated rings. The average Bonchev–Trinajstić information content (AvgIpc) is 2.79. The van der Waals surface area contributed by atoms with Crippen molar-refractivity contribution in [2.75, 3.05) is 19.7 Å². The Labute approximate surface area is 194 Å². The number of hydrogen-bond acceptors (Lipinski definition) is 3. The highest BCUT2D eigenvalue weighted by atomic mass is 16.5. The number of piperidine rings is 1. The standard InChI is InChI=1S/C28H40N2O2/c1-22(2)17-20-32-28(23(3)4,25-13-9-6-10-14-25)27(31)29-26-15-18-30(19-16-26)21-24-11-7-5-8-12-24/h5-14,22-23,26H,15-21H2,1-4H3,(H,29,31). The predicted octanol–water partition coefficient (Wildman–Crippen LogP) is 5.38. The summed E-state index contributed by atoms with van der Waals surface area (Å²) in [5.41, 5.74) is 1.33. The molecular formula is C28H40N2O2. The lowest BCUT2D eigenvalue weighted by atomic mass is 9.81. The molecule has 32 heavy (non-hydrogen) atoms. The van der Waals surface area contributed by atoms with Crippen LogP contribution in [0.5, 0.6) is 0 Å². The molecule has 2 aromatic carbocycles. The van der Waals surface area contributed by atoms with Gasteiger partial charge < -0.3 is 10.1 Å². The minimum atomic E-state index is -0.961. The third-order valence-electron chi connectivity index (χ3n) is 6.55. The van der Waals surface area contributed by atoms with E-state index < -0.39 is 5.60 Å². The van der Waals surface area contributed by atoms with Crippen molar-refractivity contribution in [3.05, 3.63) is 71.8 Å². The summed E-state index contributed by atoms with van der Waals surface area (Å²) >= 11 is 0. The molecule has 1 unspecified atom stereocenters. The first kappa shape index (κ1) is 24.5. The fourth-order valence-corrected chi connectivity index (χ4v) is 4.55. The number of nitrogens with zero attached hydrogens (tertiary/aromatic N) is 1. The Kier molecular flexibility index (Phi) is 8.89. The average molecular weight is 437 g/mol. The summed E-state index contributed by atoms with van der Waals surface area (Å²) in [6, 6.07) is 20.8. The molecule has 1 heterocycles. The van der Waals surface area contributed by atoms with E-state index in [2.05, 4.69) is 68.2 Å². The van der Waals surface area contributed by atoms with Crippen LogP contribution in [0.4, 0.5) is 0 Å². The van der Waals surface area contributed by atoms with E-state index in [9.17, 15) is 4.79 Å². The number of rotatable bonds is 10. The number of benzene rings is 2. The summed E-state index contributed by atoms with van der Waals surface area (Å²) in [6.07, 6.45) is 2.87. The fourth-order valence-electron chi connectivity index (χ4n) is 4.55. The second kappa shape index (κ2) is 11.6. The van der Waals surface area contributed by atoms with E-state index in [1.54, 1.807) is 0 Å². The van der Waals surface area contributed by atoms with E-state index in [0.29, 0.717) is 12.5 Å². The van der Waals surface area contributed by atoms with Gasteiger partial charge in [-0.2, -0.15) is 0 Å². The Bertz CT molecular complexity index is 814. The van der Waals surface area contributed by atoms with E-state index in [1.165, 1.54) is 5.56 Å². The van der Waals surface area contributed by atoms with Gasteiger partial charge in [-0.3, -0.25) is 9.69 Å². The van der Waals surface area contributed by atoms with Crippen LogP contribution in [0.3, 0.4) is 0 Å². The molecule has 0 radical (unpaired) electrons. The van der Waals surface area contributed by atoms with E-state index in [4.69, 9.17) is 4.74 Å². The Hall–Kier alpha value is -2.17. The molecule has 3 rings (SSSR count). The van der Waals surface area contributed by atoms with Crippen LogP contribution in [0.25, 0.3) is 0 Å². The van der Waals surface area contributed by atoms with Crippen LogP contribution < -0.4 is 5.32 Å². The Balaban J connectivity index is 1.67. The van der Waals surface area contributed by atoms with Gasteiger partial charge in [-0.05, 0) is 42.2 Å². The van der Waals surface area contributed by atoms with Crippen molar-refractivity contribution in [2.24, 2.45) is 11.8 Å². The van der Waals surface area contributed by atoms with Gasteiger partial charge in [-0.15, -0.1) is 0 Å². The van der Waals surface area contributed by atoms with Gasteiger partial charge in [0.15, 0.2) is 5.60 Å². The van der Waals surface area contributed by atoms with Crippen molar-refractivity contribution < 1.29 is 9.53 Å². The van der Waals surface area contributed by atoms with Crippen molar-refractivity contribution in [3.8, 4) is 0 Å². The zero-order valence-electron chi connectivity index (χ0n) is 20.2. The fraction of sp³-hybridized carbons (Fsp3) is 0.536. The molecule has 1 saturated heterocycles. The first-order valence-corrected chi connectivity index (χ1v) is 12.2. The highest BCUT2D eigenvalue weighted by Crippen LogP contribution is 2.35. The third kappa shape index (κ3) is 6.20.